The first kappa shape index (κ1) is 11.4. The van der Waals surface area contributed by atoms with Crippen LogP contribution in [0.15, 0.2) is 8.68 Å². The summed E-state index contributed by atoms with van der Waals surface area (Å²) < 4.78 is 6.11. The van der Waals surface area contributed by atoms with Crippen LogP contribution in [0.1, 0.15) is 25.6 Å². The van der Waals surface area contributed by atoms with Crippen LogP contribution in [0.3, 0.4) is 0 Å². The number of hydrogen-bond donors (Lipinski definition) is 1. The van der Waals surface area contributed by atoms with Crippen LogP contribution < -0.4 is 5.32 Å². The molecule has 17 heavy (non-hydrogen) atoms. The van der Waals surface area contributed by atoms with Crippen LogP contribution in [-0.4, -0.2) is 25.6 Å². The molecule has 0 spiro atoms. The molecule has 0 aliphatic heterocycles. The maximum atomic E-state index is 4.40. The van der Waals surface area contributed by atoms with E-state index >= 15 is 0 Å². The molecule has 0 atom stereocenters. The fraction of sp³-hybridized carbons (Fsp3) is 0.556. The summed E-state index contributed by atoms with van der Waals surface area (Å²) in [7, 11) is 0. The van der Waals surface area contributed by atoms with E-state index in [1.807, 2.05) is 0 Å². The normalized spacial score (nSPS) is 15.1. The van der Waals surface area contributed by atoms with Crippen molar-refractivity contribution in [3.8, 4) is 0 Å². The minimum absolute atomic E-state index is 0.619. The van der Waals surface area contributed by atoms with Crippen molar-refractivity contribution >= 4 is 39.8 Å². The fourth-order valence-corrected chi connectivity index (χ4v) is 3.94. The van der Waals surface area contributed by atoms with Gasteiger partial charge >= 0.3 is 0 Å². The molecule has 0 unspecified atom stereocenters. The van der Waals surface area contributed by atoms with Crippen LogP contribution in [0, 0.1) is 0 Å². The zero-order valence-electron chi connectivity index (χ0n) is 9.21. The molecule has 5 nitrogen and oxygen atoms in total. The highest BCUT2D eigenvalue weighted by molar-refractivity contribution is 8.02. The minimum Gasteiger partial charge on any atom is -0.357 e. The van der Waals surface area contributed by atoms with Gasteiger partial charge in [-0.05, 0) is 36.1 Å². The molecular weight excluding hydrogens is 274 g/mol. The van der Waals surface area contributed by atoms with Crippen LogP contribution in [0.4, 0.5) is 5.13 Å². The van der Waals surface area contributed by atoms with Crippen molar-refractivity contribution in [1.82, 2.24) is 19.6 Å². The monoisotopic (exact) mass is 285 g/mol. The van der Waals surface area contributed by atoms with Crippen molar-refractivity contribution in [1.29, 1.82) is 0 Å². The smallest absolute Gasteiger partial charge is 0.206 e. The molecule has 1 N–H and O–H groups in total. The third kappa shape index (κ3) is 2.93. The van der Waals surface area contributed by atoms with E-state index in [0.717, 1.165) is 26.1 Å². The Balaban J connectivity index is 1.65. The molecule has 2 aromatic heterocycles. The molecule has 1 aliphatic rings. The molecule has 0 amide bonds. The number of nitrogens with one attached hydrogen (secondary N) is 1. The lowest BCUT2D eigenvalue weighted by Crippen LogP contribution is -1.99. The van der Waals surface area contributed by atoms with E-state index in [0.29, 0.717) is 6.04 Å². The van der Waals surface area contributed by atoms with Gasteiger partial charge in [-0.3, -0.25) is 0 Å². The number of anilines is 1. The van der Waals surface area contributed by atoms with Crippen molar-refractivity contribution < 1.29 is 0 Å². The van der Waals surface area contributed by atoms with Gasteiger partial charge in [0, 0.05) is 12.5 Å². The zero-order valence-corrected chi connectivity index (χ0v) is 11.7. The molecule has 1 saturated carbocycles. The van der Waals surface area contributed by atoms with E-state index in [1.165, 1.54) is 24.4 Å². The molecule has 0 saturated heterocycles. The summed E-state index contributed by atoms with van der Waals surface area (Å²) >= 11 is 4.55. The maximum absolute atomic E-state index is 4.40. The summed E-state index contributed by atoms with van der Waals surface area (Å²) in [5.41, 5.74) is 0. The van der Waals surface area contributed by atoms with Gasteiger partial charge in [0.05, 0.1) is 0 Å². The second kappa shape index (κ2) is 4.87. The van der Waals surface area contributed by atoms with E-state index in [-0.39, 0.29) is 0 Å². The van der Waals surface area contributed by atoms with Crippen LogP contribution >= 0.6 is 34.6 Å². The molecular formula is C9H11N5S3. The van der Waals surface area contributed by atoms with Gasteiger partial charge in [-0.15, -0.1) is 10.2 Å². The van der Waals surface area contributed by atoms with E-state index in [1.54, 1.807) is 23.1 Å². The first-order chi connectivity index (χ1) is 8.33. The molecule has 1 fully saturated rings. The van der Waals surface area contributed by atoms with E-state index in [4.69, 9.17) is 0 Å². The molecule has 2 heterocycles. The Morgan fingerprint density at radius 3 is 2.94 bits per heavy atom. The van der Waals surface area contributed by atoms with Crippen molar-refractivity contribution in [2.24, 2.45) is 0 Å². The van der Waals surface area contributed by atoms with Crippen molar-refractivity contribution in [2.45, 2.75) is 40.9 Å². The number of aryl methyl sites for hydroxylation is 1. The third-order valence-corrected chi connectivity index (χ3v) is 4.95. The first-order valence-corrected chi connectivity index (χ1v) is 7.84. The van der Waals surface area contributed by atoms with Crippen molar-refractivity contribution in [3.63, 3.8) is 0 Å². The number of hydrogen-bond acceptors (Lipinski definition) is 8. The molecule has 0 bridgehead atoms. The molecule has 2 aromatic rings. The van der Waals surface area contributed by atoms with Crippen LogP contribution in [0.25, 0.3) is 0 Å². The number of nitrogens with zero attached hydrogens (tertiary/aromatic N) is 4. The van der Waals surface area contributed by atoms with Gasteiger partial charge in [-0.2, -0.15) is 4.37 Å². The van der Waals surface area contributed by atoms with Gasteiger partial charge in [-0.1, -0.05) is 18.3 Å². The molecule has 90 valence electrons. The molecule has 1 aliphatic carbocycles. The predicted molar refractivity (Wildman–Crippen MR) is 70.0 cm³/mol. The molecule has 0 aromatic carbocycles. The summed E-state index contributed by atoms with van der Waals surface area (Å²) in [6, 6.07) is 0.619. The Morgan fingerprint density at radius 1 is 1.35 bits per heavy atom. The second-order valence-electron chi connectivity index (χ2n) is 3.72. The molecule has 8 heteroatoms. The lowest BCUT2D eigenvalue weighted by atomic mass is 10.5. The fourth-order valence-electron chi connectivity index (χ4n) is 1.21. The third-order valence-electron chi connectivity index (χ3n) is 2.25. The minimum atomic E-state index is 0.619. The Bertz CT molecular complexity index is 504. The number of aromatic nitrogens is 4. The number of rotatable bonds is 5. The van der Waals surface area contributed by atoms with Crippen molar-refractivity contribution in [3.05, 3.63) is 5.82 Å². The van der Waals surface area contributed by atoms with Gasteiger partial charge in [0.1, 0.15) is 5.82 Å². The van der Waals surface area contributed by atoms with Crippen molar-refractivity contribution in [2.75, 3.05) is 5.32 Å². The summed E-state index contributed by atoms with van der Waals surface area (Å²) in [5.74, 6) is 0.901. The summed E-state index contributed by atoms with van der Waals surface area (Å²) in [5, 5.41) is 12.5. The van der Waals surface area contributed by atoms with Crippen LogP contribution in [-0.2, 0) is 6.42 Å². The van der Waals surface area contributed by atoms with Gasteiger partial charge in [0.25, 0.3) is 0 Å². The molecule has 0 radical (unpaired) electrons. The largest absolute Gasteiger partial charge is 0.357 e. The topological polar surface area (TPSA) is 63.6 Å². The highest BCUT2D eigenvalue weighted by Gasteiger charge is 2.22. The van der Waals surface area contributed by atoms with Gasteiger partial charge in [0.15, 0.2) is 8.68 Å². The lowest BCUT2D eigenvalue weighted by Gasteiger charge is -1.93. The van der Waals surface area contributed by atoms with E-state index in [9.17, 15) is 0 Å². The average Bonchev–Trinajstić information content (AvgIpc) is 2.86. The first-order valence-electron chi connectivity index (χ1n) is 5.44. The Kier molecular flexibility index (Phi) is 3.26. The van der Waals surface area contributed by atoms with Crippen LogP contribution in [0.2, 0.25) is 0 Å². The highest BCUT2D eigenvalue weighted by Crippen LogP contribution is 2.34. The maximum Gasteiger partial charge on any atom is 0.206 e. The lowest BCUT2D eigenvalue weighted by molar-refractivity contribution is 0.967. The standard InChI is InChI=1S/C9H11N5S3/c1-2-6-11-8(17-14-6)16-9-13-12-7(15-9)10-5-3-4-5/h5H,2-4H2,1H3,(H,10,12). The zero-order chi connectivity index (χ0) is 11.7. The van der Waals surface area contributed by atoms with Gasteiger partial charge < -0.3 is 5.32 Å². The summed E-state index contributed by atoms with van der Waals surface area (Å²) in [6.07, 6.45) is 3.37. The highest BCUT2D eigenvalue weighted by atomic mass is 32.2. The SMILES string of the molecule is CCc1nsc(Sc2nnc(NC3CC3)s2)n1. The summed E-state index contributed by atoms with van der Waals surface area (Å²) in [6.45, 7) is 2.05. The van der Waals surface area contributed by atoms with Gasteiger partial charge in [-0.25, -0.2) is 4.98 Å². The second-order valence-corrected chi connectivity index (χ2v) is 6.95. The van der Waals surface area contributed by atoms with E-state index < -0.39 is 0 Å². The Labute approximate surface area is 111 Å². The summed E-state index contributed by atoms with van der Waals surface area (Å²) in [4.78, 5) is 4.40. The molecule has 3 rings (SSSR count). The Morgan fingerprint density at radius 2 is 2.24 bits per heavy atom. The predicted octanol–water partition coefficient (Wildman–Crippen LogP) is 2.68. The van der Waals surface area contributed by atoms with E-state index in [2.05, 4.69) is 31.8 Å². The Hall–Kier alpha value is -0.730. The van der Waals surface area contributed by atoms with Gasteiger partial charge in [0.2, 0.25) is 5.13 Å². The quantitative estimate of drug-likeness (QED) is 0.911. The average molecular weight is 285 g/mol. The van der Waals surface area contributed by atoms with Crippen LogP contribution in [0.5, 0.6) is 0 Å².